The van der Waals surface area contributed by atoms with Crippen LogP contribution in [-0.2, 0) is 33.8 Å². The average molecular weight is 638 g/mol. The lowest BCUT2D eigenvalue weighted by atomic mass is 9.82. The predicted molar refractivity (Wildman–Crippen MR) is 162 cm³/mol. The maximum atomic E-state index is 14.2. The average Bonchev–Trinajstić information content (AvgIpc) is 3.27. The van der Waals surface area contributed by atoms with Crippen molar-refractivity contribution in [2.45, 2.75) is 89.8 Å². The van der Waals surface area contributed by atoms with Crippen molar-refractivity contribution in [1.29, 1.82) is 0 Å². The number of urea groups is 1. The number of ether oxygens (including phenoxy) is 1. The summed E-state index contributed by atoms with van der Waals surface area (Å²) >= 11 is 0. The molecule has 14 heteroatoms. The molecule has 0 radical (unpaired) electrons. The van der Waals surface area contributed by atoms with Gasteiger partial charge in [-0.1, -0.05) is 60.0 Å². The number of rotatable bonds is 10. The van der Waals surface area contributed by atoms with E-state index in [1.165, 1.54) is 11.0 Å². The zero-order valence-electron chi connectivity index (χ0n) is 26.4. The Kier molecular flexibility index (Phi) is 9.56. The summed E-state index contributed by atoms with van der Waals surface area (Å²) in [5.74, 6) is -2.86. The number of nitrogens with one attached hydrogen (secondary N) is 4. The van der Waals surface area contributed by atoms with E-state index in [2.05, 4.69) is 27.8 Å². The Bertz CT molecular complexity index is 1300. The van der Waals surface area contributed by atoms with Gasteiger partial charge in [0.2, 0.25) is 17.6 Å². The molecule has 4 fully saturated rings. The van der Waals surface area contributed by atoms with Gasteiger partial charge in [-0.2, -0.15) is 0 Å². The molecule has 2 aliphatic carbocycles. The highest BCUT2D eigenvalue weighted by atomic mass is 32.2. The fourth-order valence-electron chi connectivity index (χ4n) is 7.22. The van der Waals surface area contributed by atoms with Crippen molar-refractivity contribution in [3.63, 3.8) is 0 Å². The van der Waals surface area contributed by atoms with Gasteiger partial charge in [-0.05, 0) is 35.5 Å². The Labute approximate surface area is 259 Å². The summed E-state index contributed by atoms with van der Waals surface area (Å²) in [6.45, 7) is 12.9. The largest absolute Gasteiger partial charge is 0.359 e. The molecular formula is C30H47N5O8S. The molecule has 4 rings (SSSR count). The van der Waals surface area contributed by atoms with Crippen LogP contribution in [0.5, 0.6) is 0 Å². The standard InChI is InChI=1S/C30H47N5O8S/c1-7-13-31-23(37)19(36)16-32-24(38)21-20-18(29(20,5)6)17-35(21)25(39)22(28(2,3)4)33-27(40)34-30(11-9-8-10-12-30)26-43-14-15-44(26,41)42/h7,18,20-22,26H,1,8-17H2,2-6H3,(H,31,37)(H,32,38)(H2,33,34,40)/t18?,20?,21?,22-,26-/m1/s1. The Hall–Kier alpha value is -3.00. The van der Waals surface area contributed by atoms with Crippen LogP contribution in [-0.4, -0.2) is 97.9 Å². The summed E-state index contributed by atoms with van der Waals surface area (Å²) in [6.07, 6.45) is 4.70. The molecule has 2 aliphatic heterocycles. The van der Waals surface area contributed by atoms with Crippen LogP contribution >= 0.6 is 0 Å². The molecule has 0 aromatic heterocycles. The number of hydrogen-bond acceptors (Lipinski definition) is 8. The van der Waals surface area contributed by atoms with Gasteiger partial charge >= 0.3 is 6.03 Å². The van der Waals surface area contributed by atoms with E-state index in [0.29, 0.717) is 19.4 Å². The molecule has 4 aliphatic rings. The SMILES string of the molecule is C=CCNC(=O)C(=O)CNC(=O)C1C2C(CN1C(=O)[C@@H](NC(=O)NC1([C@@H]3OCCS3(=O)=O)CCCCC1)C(C)(C)C)C2(C)C. The fraction of sp³-hybridized carbons (Fsp3) is 0.767. The third-order valence-corrected chi connectivity index (χ3v) is 11.7. The number of piperidine rings is 1. The van der Waals surface area contributed by atoms with E-state index in [-0.39, 0.29) is 36.2 Å². The van der Waals surface area contributed by atoms with Crippen molar-refractivity contribution < 1.29 is 37.1 Å². The number of fused-ring (bicyclic) bond motifs is 1. The molecule has 13 nitrogen and oxygen atoms in total. The van der Waals surface area contributed by atoms with Gasteiger partial charge < -0.3 is 30.9 Å². The first-order valence-electron chi connectivity index (χ1n) is 15.4. The van der Waals surface area contributed by atoms with Crippen molar-refractivity contribution in [2.24, 2.45) is 22.7 Å². The highest BCUT2D eigenvalue weighted by molar-refractivity contribution is 7.92. The third kappa shape index (κ3) is 6.65. The molecule has 44 heavy (non-hydrogen) atoms. The number of carbonyl (C=O) groups is 5. The van der Waals surface area contributed by atoms with E-state index in [4.69, 9.17) is 4.74 Å². The number of nitrogens with zero attached hydrogens (tertiary/aromatic N) is 1. The van der Waals surface area contributed by atoms with E-state index in [9.17, 15) is 32.4 Å². The first kappa shape index (κ1) is 33.9. The number of Topliss-reactive ketones (excluding diaryl/α,β-unsaturated/α-hetero) is 1. The number of amides is 5. The zero-order chi connectivity index (χ0) is 32.7. The van der Waals surface area contributed by atoms with Gasteiger partial charge in [-0.15, -0.1) is 6.58 Å². The topological polar surface area (TPSA) is 180 Å². The van der Waals surface area contributed by atoms with Crippen molar-refractivity contribution in [3.05, 3.63) is 12.7 Å². The van der Waals surface area contributed by atoms with Crippen molar-refractivity contribution in [2.75, 3.05) is 32.0 Å². The van der Waals surface area contributed by atoms with Gasteiger partial charge in [0.15, 0.2) is 15.3 Å². The summed E-state index contributed by atoms with van der Waals surface area (Å²) in [6, 6.07) is -2.61. The van der Waals surface area contributed by atoms with Crippen LogP contribution in [0.1, 0.15) is 66.7 Å². The summed E-state index contributed by atoms with van der Waals surface area (Å²) < 4.78 is 31.3. The fourth-order valence-corrected chi connectivity index (χ4v) is 9.05. The summed E-state index contributed by atoms with van der Waals surface area (Å²) in [4.78, 5) is 66.9. The summed E-state index contributed by atoms with van der Waals surface area (Å²) in [7, 11) is -3.57. The first-order valence-corrected chi connectivity index (χ1v) is 17.1. The lowest BCUT2D eigenvalue weighted by Crippen LogP contribution is -2.65. The van der Waals surface area contributed by atoms with Crippen LogP contribution < -0.4 is 21.3 Å². The maximum absolute atomic E-state index is 14.2. The van der Waals surface area contributed by atoms with Gasteiger partial charge in [0.05, 0.1) is 24.4 Å². The second-order valence-corrected chi connectivity index (χ2v) is 16.4. The summed E-state index contributed by atoms with van der Waals surface area (Å²) in [5.41, 5.74) is -3.22. The summed E-state index contributed by atoms with van der Waals surface area (Å²) in [5, 5.41) is 10.6. The minimum atomic E-state index is -3.57. The highest BCUT2D eigenvalue weighted by Crippen LogP contribution is 2.65. The molecule has 0 spiro atoms. The maximum Gasteiger partial charge on any atom is 0.316 e. The third-order valence-electron chi connectivity index (χ3n) is 9.75. The van der Waals surface area contributed by atoms with Crippen LogP contribution in [0.3, 0.4) is 0 Å². The lowest BCUT2D eigenvalue weighted by molar-refractivity contribution is -0.144. The number of carbonyl (C=O) groups excluding carboxylic acids is 5. The molecule has 2 heterocycles. The minimum Gasteiger partial charge on any atom is -0.359 e. The lowest BCUT2D eigenvalue weighted by Gasteiger charge is -2.42. The Morgan fingerprint density at radius 1 is 1.07 bits per heavy atom. The molecule has 5 amide bonds. The van der Waals surface area contributed by atoms with E-state index >= 15 is 0 Å². The van der Waals surface area contributed by atoms with Crippen LogP contribution in [0, 0.1) is 22.7 Å². The van der Waals surface area contributed by atoms with Crippen LogP contribution in [0.4, 0.5) is 4.79 Å². The number of sulfone groups is 1. The van der Waals surface area contributed by atoms with Crippen molar-refractivity contribution in [1.82, 2.24) is 26.2 Å². The van der Waals surface area contributed by atoms with E-state index in [1.54, 1.807) is 20.8 Å². The minimum absolute atomic E-state index is 0.0541. The molecule has 4 N–H and O–H groups in total. The molecule has 2 saturated carbocycles. The van der Waals surface area contributed by atoms with Crippen LogP contribution in [0.25, 0.3) is 0 Å². The second-order valence-electron chi connectivity index (χ2n) is 14.2. The van der Waals surface area contributed by atoms with Crippen molar-refractivity contribution in [3.8, 4) is 0 Å². The number of hydrogen-bond donors (Lipinski definition) is 4. The molecule has 5 atom stereocenters. The number of likely N-dealkylation sites (tertiary alicyclic amines) is 1. The smallest absolute Gasteiger partial charge is 0.316 e. The van der Waals surface area contributed by atoms with Gasteiger partial charge in [0, 0.05) is 13.1 Å². The van der Waals surface area contributed by atoms with Crippen LogP contribution in [0.15, 0.2) is 12.7 Å². The normalized spacial score (nSPS) is 28.6. The Balaban J connectivity index is 1.50. The van der Waals surface area contributed by atoms with Gasteiger partial charge in [-0.3, -0.25) is 19.2 Å². The molecule has 0 bridgehead atoms. The van der Waals surface area contributed by atoms with Gasteiger partial charge in [0.1, 0.15) is 12.1 Å². The quantitative estimate of drug-likeness (QED) is 0.199. The monoisotopic (exact) mass is 637 g/mol. The molecule has 246 valence electrons. The van der Waals surface area contributed by atoms with Crippen molar-refractivity contribution >= 4 is 39.4 Å². The first-order chi connectivity index (χ1) is 20.5. The molecule has 0 aromatic rings. The van der Waals surface area contributed by atoms with E-state index in [1.807, 2.05) is 13.8 Å². The predicted octanol–water partition coefficient (Wildman–Crippen LogP) is 0.645. The zero-order valence-corrected chi connectivity index (χ0v) is 27.2. The van der Waals surface area contributed by atoms with Gasteiger partial charge in [-0.25, -0.2) is 13.2 Å². The molecule has 2 saturated heterocycles. The Morgan fingerprint density at radius 2 is 1.73 bits per heavy atom. The molecule has 0 aromatic carbocycles. The molecular weight excluding hydrogens is 590 g/mol. The van der Waals surface area contributed by atoms with Crippen LogP contribution in [0.2, 0.25) is 0 Å². The van der Waals surface area contributed by atoms with E-state index in [0.717, 1.165) is 19.3 Å². The van der Waals surface area contributed by atoms with E-state index < -0.39 is 74.4 Å². The molecule has 3 unspecified atom stereocenters. The number of ketones is 1. The second kappa shape index (κ2) is 12.4. The van der Waals surface area contributed by atoms with Gasteiger partial charge in [0.25, 0.3) is 5.91 Å². The Morgan fingerprint density at radius 3 is 2.30 bits per heavy atom. The highest BCUT2D eigenvalue weighted by Gasteiger charge is 2.69.